The Hall–Kier alpha value is -1.60. The van der Waals surface area contributed by atoms with E-state index in [9.17, 15) is 0 Å². The monoisotopic (exact) mass is 198 g/mol. The first-order valence-corrected chi connectivity index (χ1v) is 5.14. The Morgan fingerprint density at radius 1 is 0.467 bits per heavy atom. The molecule has 1 nitrogen and oxygen atoms in total. The minimum atomic E-state index is 0.0531. The van der Waals surface area contributed by atoms with Crippen LogP contribution in [0.25, 0.3) is 0 Å². The van der Waals surface area contributed by atoms with Crippen molar-refractivity contribution in [1.29, 1.82) is 0 Å². The van der Waals surface area contributed by atoms with E-state index in [4.69, 9.17) is 4.74 Å². The van der Waals surface area contributed by atoms with Crippen LogP contribution in [0, 0.1) is 0 Å². The zero-order valence-corrected chi connectivity index (χ0v) is 8.49. The average molecular weight is 198 g/mol. The van der Waals surface area contributed by atoms with Gasteiger partial charge < -0.3 is 4.74 Å². The number of hydrogen-bond acceptors (Lipinski definition) is 1. The van der Waals surface area contributed by atoms with E-state index in [0.717, 1.165) is 0 Å². The Balaban J connectivity index is 1.97. The second kappa shape index (κ2) is 5.32. The molecule has 0 saturated heterocycles. The summed E-state index contributed by atoms with van der Waals surface area (Å²) in [7, 11) is 0. The maximum absolute atomic E-state index is 5.86. The van der Waals surface area contributed by atoms with Crippen LogP contribution in [0.2, 0.25) is 0 Å². The molecule has 0 radical (unpaired) electrons. The van der Waals surface area contributed by atoms with Crippen LogP contribution in [0.3, 0.4) is 0 Å². The van der Waals surface area contributed by atoms with E-state index in [-0.39, 0.29) is 12.2 Å². The molecule has 2 aliphatic carbocycles. The third kappa shape index (κ3) is 3.22. The van der Waals surface area contributed by atoms with Gasteiger partial charge in [-0.15, -0.1) is 0 Å². The number of allylic oxidation sites excluding steroid dienone is 8. The molecule has 0 fully saturated rings. The highest BCUT2D eigenvalue weighted by Gasteiger charge is 2.07. The molecule has 0 aromatic rings. The molecule has 76 valence electrons. The van der Waals surface area contributed by atoms with Gasteiger partial charge in [0.1, 0.15) is 0 Å². The molecule has 0 atom stereocenters. The largest absolute Gasteiger partial charge is 0.359 e. The molecule has 0 heterocycles. The summed E-state index contributed by atoms with van der Waals surface area (Å²) in [5, 5.41) is 0. The van der Waals surface area contributed by atoms with Crippen LogP contribution in [0.1, 0.15) is 0 Å². The predicted octanol–water partition coefficient (Wildman–Crippen LogP) is 3.10. The van der Waals surface area contributed by atoms with Gasteiger partial charge in [-0.3, -0.25) is 0 Å². The number of ether oxygens (including phenoxy) is 1. The topological polar surface area (TPSA) is 9.23 Å². The van der Waals surface area contributed by atoms with Crippen molar-refractivity contribution in [2.24, 2.45) is 0 Å². The molecule has 0 unspecified atom stereocenters. The van der Waals surface area contributed by atoms with Gasteiger partial charge in [0.25, 0.3) is 0 Å². The zero-order chi connectivity index (χ0) is 10.3. The van der Waals surface area contributed by atoms with Crippen LogP contribution in [-0.4, -0.2) is 12.2 Å². The van der Waals surface area contributed by atoms with E-state index < -0.39 is 0 Å². The Morgan fingerprint density at radius 3 is 1.13 bits per heavy atom. The molecule has 0 N–H and O–H groups in total. The van der Waals surface area contributed by atoms with Crippen LogP contribution in [-0.2, 0) is 4.74 Å². The van der Waals surface area contributed by atoms with Gasteiger partial charge in [-0.25, -0.2) is 0 Å². The Kier molecular flexibility index (Phi) is 3.53. The van der Waals surface area contributed by atoms with E-state index in [1.54, 1.807) is 0 Å². The molecule has 0 saturated carbocycles. The van der Waals surface area contributed by atoms with E-state index in [0.29, 0.717) is 0 Å². The van der Waals surface area contributed by atoms with E-state index >= 15 is 0 Å². The first-order chi connectivity index (χ1) is 7.45. The summed E-state index contributed by atoms with van der Waals surface area (Å²) in [4.78, 5) is 0. The van der Waals surface area contributed by atoms with Crippen LogP contribution in [0.4, 0.5) is 0 Å². The van der Waals surface area contributed by atoms with Crippen molar-refractivity contribution in [3.8, 4) is 0 Å². The Bertz CT molecular complexity index is 299. The average Bonchev–Trinajstić information content (AvgIpc) is 2.63. The lowest BCUT2D eigenvalue weighted by Gasteiger charge is -2.14. The van der Waals surface area contributed by atoms with Gasteiger partial charge in [0, 0.05) is 0 Å². The summed E-state index contributed by atoms with van der Waals surface area (Å²) in [6, 6.07) is 0. The highest BCUT2D eigenvalue weighted by molar-refractivity contribution is 5.23. The van der Waals surface area contributed by atoms with Gasteiger partial charge in [-0.05, 0) is 0 Å². The quantitative estimate of drug-likeness (QED) is 0.662. The molecule has 15 heavy (non-hydrogen) atoms. The molecular formula is C14H14O. The molecule has 1 heteroatoms. The van der Waals surface area contributed by atoms with E-state index in [1.807, 2.05) is 72.9 Å². The molecule has 0 aromatic heterocycles. The van der Waals surface area contributed by atoms with Crippen molar-refractivity contribution >= 4 is 0 Å². The molecule has 2 aliphatic rings. The first-order valence-electron chi connectivity index (χ1n) is 5.14. The lowest BCUT2D eigenvalue weighted by molar-refractivity contribution is 0.0966. The molecule has 0 amide bonds. The Labute approximate surface area is 90.4 Å². The highest BCUT2D eigenvalue weighted by Crippen LogP contribution is 2.09. The second-order valence-electron chi connectivity index (χ2n) is 3.37. The van der Waals surface area contributed by atoms with Crippen LogP contribution >= 0.6 is 0 Å². The Morgan fingerprint density at radius 2 is 0.800 bits per heavy atom. The SMILES string of the molecule is C1=CC=CC(OC2C=CC=CC=C2)C=C1. The fourth-order valence-corrected chi connectivity index (χ4v) is 1.44. The smallest absolute Gasteiger partial charge is 0.0956 e. The van der Waals surface area contributed by atoms with Crippen molar-refractivity contribution in [3.05, 3.63) is 72.9 Å². The summed E-state index contributed by atoms with van der Waals surface area (Å²) in [5.74, 6) is 0. The number of rotatable bonds is 2. The fraction of sp³-hybridized carbons (Fsp3) is 0.143. The summed E-state index contributed by atoms with van der Waals surface area (Å²) in [5.41, 5.74) is 0. The van der Waals surface area contributed by atoms with Gasteiger partial charge in [0.15, 0.2) is 0 Å². The molecule has 0 aliphatic heterocycles. The maximum Gasteiger partial charge on any atom is 0.0956 e. The minimum absolute atomic E-state index is 0.0531. The minimum Gasteiger partial charge on any atom is -0.359 e. The van der Waals surface area contributed by atoms with Crippen LogP contribution in [0.15, 0.2) is 72.9 Å². The van der Waals surface area contributed by atoms with Crippen molar-refractivity contribution < 1.29 is 4.74 Å². The molecule has 0 aromatic carbocycles. The maximum atomic E-state index is 5.86. The van der Waals surface area contributed by atoms with Crippen molar-refractivity contribution in [2.45, 2.75) is 12.2 Å². The van der Waals surface area contributed by atoms with Gasteiger partial charge in [-0.1, -0.05) is 72.9 Å². The standard InChI is InChI=1S/C14H14O/c1-2-6-10-13(9-5-1)15-14-11-7-3-4-8-12-14/h1-14H. The molecular weight excluding hydrogens is 184 g/mol. The third-order valence-electron chi connectivity index (χ3n) is 2.18. The van der Waals surface area contributed by atoms with Gasteiger partial charge in [-0.2, -0.15) is 0 Å². The van der Waals surface area contributed by atoms with Crippen LogP contribution in [0.5, 0.6) is 0 Å². The summed E-state index contributed by atoms with van der Waals surface area (Å²) < 4.78 is 5.86. The van der Waals surface area contributed by atoms with Gasteiger partial charge in [0.2, 0.25) is 0 Å². The molecule has 0 spiro atoms. The summed E-state index contributed by atoms with van der Waals surface area (Å²) in [6.45, 7) is 0. The van der Waals surface area contributed by atoms with Crippen molar-refractivity contribution in [2.75, 3.05) is 0 Å². The van der Waals surface area contributed by atoms with Crippen molar-refractivity contribution in [3.63, 3.8) is 0 Å². The fourth-order valence-electron chi connectivity index (χ4n) is 1.44. The van der Waals surface area contributed by atoms with Crippen molar-refractivity contribution in [1.82, 2.24) is 0 Å². The zero-order valence-electron chi connectivity index (χ0n) is 8.49. The second-order valence-corrected chi connectivity index (χ2v) is 3.37. The lowest BCUT2D eigenvalue weighted by Crippen LogP contribution is -2.14. The molecule has 2 rings (SSSR count). The van der Waals surface area contributed by atoms with E-state index in [2.05, 4.69) is 0 Å². The van der Waals surface area contributed by atoms with E-state index in [1.165, 1.54) is 0 Å². The third-order valence-corrected chi connectivity index (χ3v) is 2.18. The van der Waals surface area contributed by atoms with Gasteiger partial charge >= 0.3 is 0 Å². The lowest BCUT2D eigenvalue weighted by atomic mass is 10.2. The van der Waals surface area contributed by atoms with Crippen LogP contribution < -0.4 is 0 Å². The van der Waals surface area contributed by atoms with Gasteiger partial charge in [0.05, 0.1) is 12.2 Å². The summed E-state index contributed by atoms with van der Waals surface area (Å²) >= 11 is 0. The highest BCUT2D eigenvalue weighted by atomic mass is 16.5. The normalized spacial score (nSPS) is 20.8. The predicted molar refractivity (Wildman–Crippen MR) is 63.5 cm³/mol. The molecule has 0 bridgehead atoms. The number of hydrogen-bond donors (Lipinski definition) is 0. The summed E-state index contributed by atoms with van der Waals surface area (Å²) in [6.07, 6.45) is 24.3. The first kappa shape index (κ1) is 9.94.